The summed E-state index contributed by atoms with van der Waals surface area (Å²) in [5, 5.41) is 13.2. The minimum atomic E-state index is -0.822. The van der Waals surface area contributed by atoms with E-state index in [1.54, 1.807) is 0 Å². The van der Waals surface area contributed by atoms with E-state index in [1.165, 1.54) is 0 Å². The number of nitrogens with zero attached hydrogens (tertiary/aromatic N) is 1. The van der Waals surface area contributed by atoms with Crippen molar-refractivity contribution in [1.29, 1.82) is 0 Å². The molecule has 2 aromatic rings. The molecule has 0 aliphatic carbocycles. The van der Waals surface area contributed by atoms with E-state index in [9.17, 15) is 19.3 Å². The highest BCUT2D eigenvalue weighted by atomic mass is 79.9. The van der Waals surface area contributed by atoms with E-state index in [4.69, 9.17) is 0 Å². The average Bonchev–Trinajstić information content (AvgIpc) is 2.44. The molecule has 2 rings (SSSR count). The summed E-state index contributed by atoms with van der Waals surface area (Å²) in [6.07, 6.45) is 0. The van der Waals surface area contributed by atoms with E-state index in [0.29, 0.717) is 0 Å². The maximum atomic E-state index is 13.3. The lowest BCUT2D eigenvalue weighted by Crippen LogP contribution is -2.23. The van der Waals surface area contributed by atoms with Crippen molar-refractivity contribution in [3.8, 4) is 0 Å². The Balaban J connectivity index is 2.12. The van der Waals surface area contributed by atoms with E-state index < -0.39 is 22.3 Å². The Kier molecular flexibility index (Phi) is 4.64. The highest BCUT2D eigenvalue weighted by Crippen LogP contribution is 2.16. The van der Waals surface area contributed by atoms with Crippen LogP contribution in [-0.4, -0.2) is 10.8 Å². The van der Waals surface area contributed by atoms with Gasteiger partial charge < -0.3 is 5.32 Å². The summed E-state index contributed by atoms with van der Waals surface area (Å²) in [4.78, 5) is 21.8. The quantitative estimate of drug-likeness (QED) is 0.676. The van der Waals surface area contributed by atoms with Gasteiger partial charge >= 0.3 is 0 Å². The van der Waals surface area contributed by atoms with E-state index in [1.807, 2.05) is 24.3 Å². The smallest absolute Gasteiger partial charge is 0.273 e. The topological polar surface area (TPSA) is 72.2 Å². The summed E-state index contributed by atoms with van der Waals surface area (Å²) >= 11 is 3.31. The van der Waals surface area contributed by atoms with Crippen LogP contribution in [0.3, 0.4) is 0 Å². The fourth-order valence-corrected chi connectivity index (χ4v) is 2.19. The van der Waals surface area contributed by atoms with Crippen LogP contribution < -0.4 is 5.32 Å². The molecule has 108 valence electrons. The number of amides is 1. The van der Waals surface area contributed by atoms with Crippen LogP contribution in [0, 0.1) is 15.9 Å². The molecular formula is C14H10BrFN2O3. The summed E-state index contributed by atoms with van der Waals surface area (Å²) in [7, 11) is 0. The molecule has 21 heavy (non-hydrogen) atoms. The van der Waals surface area contributed by atoms with E-state index >= 15 is 0 Å². The fraction of sp³-hybridized carbons (Fsp3) is 0.0714. The van der Waals surface area contributed by atoms with Crippen molar-refractivity contribution in [3.63, 3.8) is 0 Å². The molecule has 1 amide bonds. The molecule has 0 saturated heterocycles. The Hall–Kier alpha value is -2.28. The van der Waals surface area contributed by atoms with E-state index in [0.717, 1.165) is 28.2 Å². The first kappa shape index (κ1) is 15.1. The summed E-state index contributed by atoms with van der Waals surface area (Å²) in [5.74, 6) is -1.39. The third-order valence-electron chi connectivity index (χ3n) is 2.70. The Morgan fingerprint density at radius 2 is 2.05 bits per heavy atom. The SMILES string of the molecule is O=C(NCc1cccc(Br)c1)c1cc(F)cc([N+](=O)[O-])c1. The molecule has 7 heteroatoms. The standard InChI is InChI=1S/C14H10BrFN2O3/c15-11-3-1-2-9(4-11)8-17-14(19)10-5-12(16)7-13(6-10)18(20)21/h1-7H,8H2,(H,17,19). The number of hydrogen-bond acceptors (Lipinski definition) is 3. The monoisotopic (exact) mass is 352 g/mol. The van der Waals surface area contributed by atoms with Crippen LogP contribution in [0.25, 0.3) is 0 Å². The third-order valence-corrected chi connectivity index (χ3v) is 3.19. The molecule has 0 spiro atoms. The first-order valence-corrected chi connectivity index (χ1v) is 6.72. The largest absolute Gasteiger partial charge is 0.348 e. The molecule has 0 aliphatic rings. The molecule has 0 aromatic heterocycles. The van der Waals surface area contributed by atoms with Crippen LogP contribution >= 0.6 is 15.9 Å². The van der Waals surface area contributed by atoms with Gasteiger partial charge in [0.05, 0.1) is 11.0 Å². The second-order valence-corrected chi connectivity index (χ2v) is 5.18. The van der Waals surface area contributed by atoms with Crippen molar-refractivity contribution < 1.29 is 14.1 Å². The lowest BCUT2D eigenvalue weighted by Gasteiger charge is -2.06. The summed E-state index contributed by atoms with van der Waals surface area (Å²) in [6.45, 7) is 0.239. The minimum Gasteiger partial charge on any atom is -0.348 e. The first-order valence-electron chi connectivity index (χ1n) is 5.93. The fourth-order valence-electron chi connectivity index (χ4n) is 1.74. The number of carbonyl (C=O) groups is 1. The van der Waals surface area contributed by atoms with Crippen molar-refractivity contribution in [2.75, 3.05) is 0 Å². The molecule has 2 aromatic carbocycles. The van der Waals surface area contributed by atoms with Crippen LogP contribution in [-0.2, 0) is 6.54 Å². The van der Waals surface area contributed by atoms with Gasteiger partial charge in [0.25, 0.3) is 11.6 Å². The minimum absolute atomic E-state index is 0.0864. The molecule has 5 nitrogen and oxygen atoms in total. The first-order chi connectivity index (χ1) is 9.95. The summed E-state index contributed by atoms with van der Waals surface area (Å²) in [6, 6.07) is 10.1. The van der Waals surface area contributed by atoms with Crippen LogP contribution in [0.2, 0.25) is 0 Å². The maximum absolute atomic E-state index is 13.3. The Morgan fingerprint density at radius 1 is 1.29 bits per heavy atom. The zero-order chi connectivity index (χ0) is 15.4. The van der Waals surface area contributed by atoms with Crippen molar-refractivity contribution in [3.05, 3.63) is 74.0 Å². The number of hydrogen-bond donors (Lipinski definition) is 1. The van der Waals surface area contributed by atoms with Crippen LogP contribution in [0.1, 0.15) is 15.9 Å². The van der Waals surface area contributed by atoms with Crippen LogP contribution in [0.5, 0.6) is 0 Å². The van der Waals surface area contributed by atoms with E-state index in [2.05, 4.69) is 21.2 Å². The number of non-ortho nitro benzene ring substituents is 1. The second kappa shape index (κ2) is 6.45. The number of rotatable bonds is 4. The summed E-state index contributed by atoms with van der Waals surface area (Å²) < 4.78 is 14.1. The third kappa shape index (κ3) is 4.09. The van der Waals surface area contributed by atoms with Gasteiger partial charge in [-0.3, -0.25) is 14.9 Å². The molecule has 1 N–H and O–H groups in total. The van der Waals surface area contributed by atoms with Gasteiger partial charge in [-0.25, -0.2) is 4.39 Å². The highest BCUT2D eigenvalue weighted by molar-refractivity contribution is 9.10. The Labute approximate surface area is 128 Å². The van der Waals surface area contributed by atoms with Gasteiger partial charge in [-0.1, -0.05) is 28.1 Å². The number of carbonyl (C=O) groups excluding carboxylic acids is 1. The predicted molar refractivity (Wildman–Crippen MR) is 78.4 cm³/mol. The lowest BCUT2D eigenvalue weighted by atomic mass is 10.1. The molecule has 0 heterocycles. The molecule has 0 fully saturated rings. The maximum Gasteiger partial charge on any atom is 0.273 e. The zero-order valence-corrected chi connectivity index (χ0v) is 12.3. The molecule has 0 aliphatic heterocycles. The van der Waals surface area contributed by atoms with Gasteiger partial charge in [0, 0.05) is 22.6 Å². The van der Waals surface area contributed by atoms with E-state index in [-0.39, 0.29) is 12.1 Å². The van der Waals surface area contributed by atoms with Crippen molar-refractivity contribution >= 4 is 27.5 Å². The Morgan fingerprint density at radius 3 is 2.71 bits per heavy atom. The second-order valence-electron chi connectivity index (χ2n) is 4.27. The molecule has 0 radical (unpaired) electrons. The van der Waals surface area contributed by atoms with Gasteiger partial charge in [0.2, 0.25) is 0 Å². The molecule has 0 unspecified atom stereocenters. The van der Waals surface area contributed by atoms with Gasteiger partial charge in [-0.05, 0) is 23.8 Å². The number of benzene rings is 2. The summed E-state index contributed by atoms with van der Waals surface area (Å²) in [5.41, 5.74) is 0.308. The molecule has 0 saturated carbocycles. The normalized spacial score (nSPS) is 10.2. The highest BCUT2D eigenvalue weighted by Gasteiger charge is 2.14. The Bertz CT molecular complexity index is 706. The molecule has 0 bridgehead atoms. The predicted octanol–water partition coefficient (Wildman–Crippen LogP) is 3.43. The van der Waals surface area contributed by atoms with Crippen molar-refractivity contribution in [2.45, 2.75) is 6.54 Å². The van der Waals surface area contributed by atoms with Crippen molar-refractivity contribution in [1.82, 2.24) is 5.32 Å². The van der Waals surface area contributed by atoms with Gasteiger partial charge in [-0.2, -0.15) is 0 Å². The lowest BCUT2D eigenvalue weighted by molar-refractivity contribution is -0.385. The van der Waals surface area contributed by atoms with Gasteiger partial charge in [0.1, 0.15) is 5.82 Å². The van der Waals surface area contributed by atoms with Crippen LogP contribution in [0.4, 0.5) is 10.1 Å². The zero-order valence-electron chi connectivity index (χ0n) is 10.7. The van der Waals surface area contributed by atoms with Crippen molar-refractivity contribution in [2.24, 2.45) is 0 Å². The number of halogens is 2. The molecule has 0 atom stereocenters. The average molecular weight is 353 g/mol. The van der Waals surface area contributed by atoms with Gasteiger partial charge in [0.15, 0.2) is 0 Å². The number of nitro groups is 1. The number of nitrogens with one attached hydrogen (secondary N) is 1. The molecular weight excluding hydrogens is 343 g/mol. The van der Waals surface area contributed by atoms with Crippen LogP contribution in [0.15, 0.2) is 46.9 Å². The number of nitro benzene ring substituents is 1. The van der Waals surface area contributed by atoms with Gasteiger partial charge in [-0.15, -0.1) is 0 Å².